The lowest BCUT2D eigenvalue weighted by molar-refractivity contribution is 0.143. The monoisotopic (exact) mass is 280 g/mol. The molecule has 3 N–H and O–H groups in total. The number of hydrogen-bond acceptors (Lipinski definition) is 3. The first-order valence-corrected chi connectivity index (χ1v) is 6.87. The number of aliphatic hydroxyl groups excluding tert-OH is 2. The zero-order chi connectivity index (χ0) is 15.0. The van der Waals surface area contributed by atoms with Crippen LogP contribution in [0.2, 0.25) is 0 Å². The van der Waals surface area contributed by atoms with E-state index in [4.69, 9.17) is 5.11 Å². The predicted molar refractivity (Wildman–Crippen MR) is 78.6 cm³/mol. The lowest BCUT2D eigenvalue weighted by Crippen LogP contribution is -2.42. The lowest BCUT2D eigenvalue weighted by atomic mass is 9.96. The highest BCUT2D eigenvalue weighted by Gasteiger charge is 2.15. The van der Waals surface area contributed by atoms with E-state index >= 15 is 0 Å². The molecule has 2 amide bonds. The van der Waals surface area contributed by atoms with Crippen LogP contribution in [-0.4, -0.2) is 54.0 Å². The van der Waals surface area contributed by atoms with Gasteiger partial charge < -0.3 is 20.4 Å². The van der Waals surface area contributed by atoms with Gasteiger partial charge in [-0.05, 0) is 18.9 Å². The van der Waals surface area contributed by atoms with Gasteiger partial charge in [-0.2, -0.15) is 0 Å². The number of likely N-dealkylation sites (N-methyl/N-ethyl adjacent to an activating group) is 1. The number of hydrogen-bond donors (Lipinski definition) is 3. The first-order valence-electron chi connectivity index (χ1n) is 6.87. The van der Waals surface area contributed by atoms with Crippen molar-refractivity contribution in [3.63, 3.8) is 0 Å². The molecule has 0 aliphatic rings. The van der Waals surface area contributed by atoms with E-state index in [0.29, 0.717) is 19.5 Å². The van der Waals surface area contributed by atoms with Crippen LogP contribution in [0.1, 0.15) is 24.8 Å². The van der Waals surface area contributed by atoms with Gasteiger partial charge >= 0.3 is 6.03 Å². The molecule has 0 fully saturated rings. The van der Waals surface area contributed by atoms with Gasteiger partial charge in [0, 0.05) is 32.7 Å². The second-order valence-corrected chi connectivity index (χ2v) is 5.04. The lowest BCUT2D eigenvalue weighted by Gasteiger charge is -2.22. The quantitative estimate of drug-likeness (QED) is 0.702. The third-order valence-corrected chi connectivity index (χ3v) is 3.13. The Kier molecular flexibility index (Phi) is 7.04. The number of carbonyl (C=O) groups excluding carboxylic acids is 1. The summed E-state index contributed by atoms with van der Waals surface area (Å²) >= 11 is 0. The summed E-state index contributed by atoms with van der Waals surface area (Å²) in [6.07, 6.45) is 0.0536. The van der Waals surface area contributed by atoms with Crippen molar-refractivity contribution in [2.75, 3.05) is 26.7 Å². The second-order valence-electron chi connectivity index (χ2n) is 5.04. The molecule has 5 nitrogen and oxygen atoms in total. The minimum atomic E-state index is -0.548. The number of urea groups is 1. The van der Waals surface area contributed by atoms with Crippen LogP contribution in [0.25, 0.3) is 0 Å². The normalized spacial score (nSPS) is 13.6. The van der Waals surface area contributed by atoms with Crippen molar-refractivity contribution in [2.45, 2.75) is 25.4 Å². The molecule has 0 saturated carbocycles. The van der Waals surface area contributed by atoms with Gasteiger partial charge in [-0.15, -0.1) is 0 Å². The SMILES string of the molecule is CC(O)CN(C)C(=O)NCC(CCO)c1ccccc1. The topological polar surface area (TPSA) is 72.8 Å². The Hall–Kier alpha value is -1.59. The van der Waals surface area contributed by atoms with Gasteiger partial charge in [0.15, 0.2) is 0 Å². The molecular weight excluding hydrogens is 256 g/mol. The second kappa shape index (κ2) is 8.55. The third-order valence-electron chi connectivity index (χ3n) is 3.13. The van der Waals surface area contributed by atoms with E-state index < -0.39 is 6.10 Å². The van der Waals surface area contributed by atoms with Crippen LogP contribution >= 0.6 is 0 Å². The maximum Gasteiger partial charge on any atom is 0.317 e. The van der Waals surface area contributed by atoms with Crippen molar-refractivity contribution in [1.29, 1.82) is 0 Å². The number of rotatable bonds is 7. The highest BCUT2D eigenvalue weighted by atomic mass is 16.3. The molecule has 5 heteroatoms. The van der Waals surface area contributed by atoms with Crippen LogP contribution in [0.5, 0.6) is 0 Å². The number of carbonyl (C=O) groups is 1. The standard InChI is InChI=1S/C15H24N2O3/c1-12(19)11-17(2)15(20)16-10-14(8-9-18)13-6-4-3-5-7-13/h3-7,12,14,18-19H,8-11H2,1-2H3,(H,16,20). The van der Waals surface area contributed by atoms with E-state index in [-0.39, 0.29) is 18.6 Å². The van der Waals surface area contributed by atoms with Crippen LogP contribution in [0.15, 0.2) is 30.3 Å². The van der Waals surface area contributed by atoms with E-state index in [1.165, 1.54) is 4.90 Å². The van der Waals surface area contributed by atoms with Crippen molar-refractivity contribution in [2.24, 2.45) is 0 Å². The number of aliphatic hydroxyl groups is 2. The zero-order valence-electron chi connectivity index (χ0n) is 12.1. The average molecular weight is 280 g/mol. The Balaban J connectivity index is 2.53. The van der Waals surface area contributed by atoms with Gasteiger partial charge in [-0.25, -0.2) is 4.79 Å². The van der Waals surface area contributed by atoms with Crippen molar-refractivity contribution < 1.29 is 15.0 Å². The fourth-order valence-electron chi connectivity index (χ4n) is 2.09. The summed E-state index contributed by atoms with van der Waals surface area (Å²) in [6, 6.07) is 9.60. The van der Waals surface area contributed by atoms with Crippen molar-refractivity contribution >= 4 is 6.03 Å². The van der Waals surface area contributed by atoms with Gasteiger partial charge in [0.05, 0.1) is 6.10 Å². The highest BCUT2D eigenvalue weighted by molar-refractivity contribution is 5.73. The number of nitrogens with zero attached hydrogens (tertiary/aromatic N) is 1. The molecule has 1 rings (SSSR count). The largest absolute Gasteiger partial charge is 0.396 e. The summed E-state index contributed by atoms with van der Waals surface area (Å²) < 4.78 is 0. The predicted octanol–water partition coefficient (Wildman–Crippen LogP) is 1.17. The molecule has 1 aromatic rings. The molecule has 0 aliphatic carbocycles. The molecule has 0 aromatic heterocycles. The van der Waals surface area contributed by atoms with E-state index in [1.807, 2.05) is 30.3 Å². The molecule has 2 atom stereocenters. The Morgan fingerprint density at radius 3 is 2.55 bits per heavy atom. The molecule has 0 aliphatic heterocycles. The average Bonchev–Trinajstić information content (AvgIpc) is 2.43. The summed E-state index contributed by atoms with van der Waals surface area (Å²) in [6.45, 7) is 2.48. The molecule has 112 valence electrons. The molecular formula is C15H24N2O3. The molecule has 2 unspecified atom stereocenters. The minimum absolute atomic E-state index is 0.0823. The van der Waals surface area contributed by atoms with Crippen LogP contribution in [-0.2, 0) is 0 Å². The van der Waals surface area contributed by atoms with Gasteiger partial charge in [-0.3, -0.25) is 0 Å². The Morgan fingerprint density at radius 2 is 2.00 bits per heavy atom. The number of benzene rings is 1. The summed E-state index contributed by atoms with van der Waals surface area (Å²) in [5.41, 5.74) is 1.10. The van der Waals surface area contributed by atoms with Gasteiger partial charge in [-0.1, -0.05) is 30.3 Å². The summed E-state index contributed by atoms with van der Waals surface area (Å²) in [4.78, 5) is 13.3. The van der Waals surface area contributed by atoms with Crippen LogP contribution < -0.4 is 5.32 Å². The van der Waals surface area contributed by atoms with Gasteiger partial charge in [0.2, 0.25) is 0 Å². The zero-order valence-corrected chi connectivity index (χ0v) is 12.1. The number of nitrogens with one attached hydrogen (secondary N) is 1. The first kappa shape index (κ1) is 16.5. The van der Waals surface area contributed by atoms with E-state index in [9.17, 15) is 9.90 Å². The highest BCUT2D eigenvalue weighted by Crippen LogP contribution is 2.18. The van der Waals surface area contributed by atoms with Gasteiger partial charge in [0.25, 0.3) is 0 Å². The van der Waals surface area contributed by atoms with Crippen LogP contribution in [0.4, 0.5) is 4.79 Å². The summed E-state index contributed by atoms with van der Waals surface area (Å²) in [7, 11) is 1.64. The van der Waals surface area contributed by atoms with E-state index in [2.05, 4.69) is 5.32 Å². The van der Waals surface area contributed by atoms with E-state index in [0.717, 1.165) is 5.56 Å². The minimum Gasteiger partial charge on any atom is -0.396 e. The Labute approximate surface area is 120 Å². The van der Waals surface area contributed by atoms with Crippen molar-refractivity contribution in [3.05, 3.63) is 35.9 Å². The number of amides is 2. The van der Waals surface area contributed by atoms with Gasteiger partial charge in [0.1, 0.15) is 0 Å². The summed E-state index contributed by atoms with van der Waals surface area (Å²) in [5.74, 6) is 0.0881. The molecule has 0 saturated heterocycles. The molecule has 0 heterocycles. The fourth-order valence-corrected chi connectivity index (χ4v) is 2.09. The first-order chi connectivity index (χ1) is 9.54. The van der Waals surface area contributed by atoms with Crippen molar-refractivity contribution in [1.82, 2.24) is 10.2 Å². The smallest absolute Gasteiger partial charge is 0.317 e. The van der Waals surface area contributed by atoms with Crippen molar-refractivity contribution in [3.8, 4) is 0 Å². The van der Waals surface area contributed by atoms with Crippen LogP contribution in [0.3, 0.4) is 0 Å². The molecule has 20 heavy (non-hydrogen) atoms. The maximum atomic E-state index is 11.9. The molecule has 0 radical (unpaired) electrons. The Bertz CT molecular complexity index is 395. The molecule has 1 aromatic carbocycles. The van der Waals surface area contributed by atoms with Crippen LogP contribution in [0, 0.1) is 0 Å². The van der Waals surface area contributed by atoms with E-state index in [1.54, 1.807) is 14.0 Å². The maximum absolute atomic E-state index is 11.9. The fraction of sp³-hybridized carbons (Fsp3) is 0.533. The summed E-state index contributed by atoms with van der Waals surface area (Å²) in [5, 5.41) is 21.2. The third kappa shape index (κ3) is 5.59. The Morgan fingerprint density at radius 1 is 1.35 bits per heavy atom. The molecule has 0 bridgehead atoms. The molecule has 0 spiro atoms.